The number of hydrogen-bond donors (Lipinski definition) is 0. The minimum absolute atomic E-state index is 0.0312. The molecule has 0 bridgehead atoms. The molecule has 0 spiro atoms. The fraction of sp³-hybridized carbons (Fsp3) is 0.353. The van der Waals surface area contributed by atoms with Crippen LogP contribution < -0.4 is 4.74 Å². The van der Waals surface area contributed by atoms with Gasteiger partial charge in [-0.1, -0.05) is 6.07 Å². The standard InChI is InChI=1S/C17H18FN3O2/c1-12-2-3-13(10-15(12)18)17(22)21-8-5-14(6-9-21)23-16-4-7-19-11-20-16/h2-4,7,10-11,14H,5-6,8-9H2,1H3. The molecule has 1 fully saturated rings. The molecular weight excluding hydrogens is 297 g/mol. The molecule has 1 saturated heterocycles. The number of hydrogen-bond acceptors (Lipinski definition) is 4. The molecular formula is C17H18FN3O2. The molecule has 0 atom stereocenters. The molecule has 1 aromatic carbocycles. The minimum Gasteiger partial charge on any atom is -0.474 e. The van der Waals surface area contributed by atoms with Crippen molar-refractivity contribution in [2.45, 2.75) is 25.9 Å². The van der Waals surface area contributed by atoms with Crippen molar-refractivity contribution in [3.63, 3.8) is 0 Å². The molecule has 1 aliphatic heterocycles. The van der Waals surface area contributed by atoms with Crippen molar-refractivity contribution in [2.24, 2.45) is 0 Å². The van der Waals surface area contributed by atoms with Gasteiger partial charge in [0.15, 0.2) is 0 Å². The van der Waals surface area contributed by atoms with Crippen LogP contribution in [0, 0.1) is 12.7 Å². The maximum absolute atomic E-state index is 13.6. The van der Waals surface area contributed by atoms with Crippen LogP contribution in [0.4, 0.5) is 4.39 Å². The number of amides is 1. The minimum atomic E-state index is -0.349. The summed E-state index contributed by atoms with van der Waals surface area (Å²) < 4.78 is 19.4. The summed E-state index contributed by atoms with van der Waals surface area (Å²) in [6.45, 7) is 2.85. The average Bonchev–Trinajstić information content (AvgIpc) is 2.58. The summed E-state index contributed by atoms with van der Waals surface area (Å²) in [5, 5.41) is 0. The Kier molecular flexibility index (Phi) is 4.50. The number of benzene rings is 1. The molecule has 0 unspecified atom stereocenters. The summed E-state index contributed by atoms with van der Waals surface area (Å²) in [4.78, 5) is 22.0. The van der Waals surface area contributed by atoms with E-state index in [-0.39, 0.29) is 17.8 Å². The fourth-order valence-corrected chi connectivity index (χ4v) is 2.60. The lowest BCUT2D eigenvalue weighted by Gasteiger charge is -2.32. The average molecular weight is 315 g/mol. The normalized spacial score (nSPS) is 15.5. The molecule has 3 rings (SSSR count). The van der Waals surface area contributed by atoms with E-state index in [1.54, 1.807) is 36.2 Å². The first-order chi connectivity index (χ1) is 11.1. The Balaban J connectivity index is 1.58. The van der Waals surface area contributed by atoms with E-state index in [9.17, 15) is 9.18 Å². The van der Waals surface area contributed by atoms with Crippen LogP contribution in [0.1, 0.15) is 28.8 Å². The fourth-order valence-electron chi connectivity index (χ4n) is 2.60. The van der Waals surface area contributed by atoms with E-state index in [0.717, 1.165) is 12.8 Å². The lowest BCUT2D eigenvalue weighted by atomic mass is 10.1. The summed E-state index contributed by atoms with van der Waals surface area (Å²) in [5.41, 5.74) is 0.932. The van der Waals surface area contributed by atoms with Crippen LogP contribution in [-0.2, 0) is 0 Å². The third-order valence-electron chi connectivity index (χ3n) is 3.99. The molecule has 6 heteroatoms. The van der Waals surface area contributed by atoms with Crippen molar-refractivity contribution in [1.29, 1.82) is 0 Å². The Morgan fingerprint density at radius 1 is 1.30 bits per heavy atom. The number of halogens is 1. The summed E-state index contributed by atoms with van der Waals surface area (Å²) in [6.07, 6.45) is 4.56. The topological polar surface area (TPSA) is 55.3 Å². The molecule has 5 nitrogen and oxygen atoms in total. The lowest BCUT2D eigenvalue weighted by molar-refractivity contribution is 0.0587. The second kappa shape index (κ2) is 6.73. The molecule has 1 aromatic heterocycles. The van der Waals surface area contributed by atoms with Crippen molar-refractivity contribution in [3.05, 3.63) is 53.7 Å². The zero-order valence-corrected chi connectivity index (χ0v) is 12.9. The van der Waals surface area contributed by atoms with Gasteiger partial charge in [-0.25, -0.2) is 14.4 Å². The van der Waals surface area contributed by atoms with Gasteiger partial charge in [0.05, 0.1) is 0 Å². The van der Waals surface area contributed by atoms with Crippen molar-refractivity contribution < 1.29 is 13.9 Å². The molecule has 23 heavy (non-hydrogen) atoms. The van der Waals surface area contributed by atoms with E-state index in [0.29, 0.717) is 30.1 Å². The largest absolute Gasteiger partial charge is 0.474 e. The zero-order chi connectivity index (χ0) is 16.2. The molecule has 0 aliphatic carbocycles. The van der Waals surface area contributed by atoms with Crippen LogP contribution in [-0.4, -0.2) is 40.0 Å². The number of carbonyl (C=O) groups is 1. The highest BCUT2D eigenvalue weighted by Crippen LogP contribution is 2.19. The monoisotopic (exact) mass is 315 g/mol. The van der Waals surface area contributed by atoms with Gasteiger partial charge in [-0.15, -0.1) is 0 Å². The predicted molar refractivity (Wildman–Crippen MR) is 82.7 cm³/mol. The number of carbonyl (C=O) groups excluding carboxylic acids is 1. The third kappa shape index (κ3) is 3.64. The maximum Gasteiger partial charge on any atom is 0.253 e. The summed E-state index contributed by atoms with van der Waals surface area (Å²) >= 11 is 0. The van der Waals surface area contributed by atoms with Crippen molar-refractivity contribution >= 4 is 5.91 Å². The number of rotatable bonds is 3. The molecule has 1 amide bonds. The Hall–Kier alpha value is -2.50. The van der Waals surface area contributed by atoms with Gasteiger partial charge in [-0.3, -0.25) is 4.79 Å². The Labute approximate surface area is 134 Å². The molecule has 2 aromatic rings. The quantitative estimate of drug-likeness (QED) is 0.873. The van der Waals surface area contributed by atoms with E-state index in [1.165, 1.54) is 12.4 Å². The van der Waals surface area contributed by atoms with Crippen LogP contribution in [0.5, 0.6) is 5.88 Å². The van der Waals surface area contributed by atoms with Gasteiger partial charge in [0, 0.05) is 43.8 Å². The van der Waals surface area contributed by atoms with E-state index >= 15 is 0 Å². The molecule has 120 valence electrons. The van der Waals surface area contributed by atoms with Crippen LogP contribution in [0.15, 0.2) is 36.8 Å². The highest BCUT2D eigenvalue weighted by molar-refractivity contribution is 5.94. The van der Waals surface area contributed by atoms with Crippen LogP contribution in [0.3, 0.4) is 0 Å². The number of piperidine rings is 1. The SMILES string of the molecule is Cc1ccc(C(=O)N2CCC(Oc3ccncn3)CC2)cc1F. The van der Waals surface area contributed by atoms with E-state index in [2.05, 4.69) is 9.97 Å². The zero-order valence-electron chi connectivity index (χ0n) is 12.9. The third-order valence-corrected chi connectivity index (χ3v) is 3.99. The summed E-state index contributed by atoms with van der Waals surface area (Å²) in [6, 6.07) is 6.32. The first-order valence-electron chi connectivity index (χ1n) is 7.61. The first-order valence-corrected chi connectivity index (χ1v) is 7.61. The Morgan fingerprint density at radius 2 is 2.09 bits per heavy atom. The van der Waals surface area contributed by atoms with E-state index in [4.69, 9.17) is 4.74 Å². The van der Waals surface area contributed by atoms with Gasteiger partial charge >= 0.3 is 0 Å². The number of ether oxygens (including phenoxy) is 1. The maximum atomic E-state index is 13.6. The van der Waals surface area contributed by atoms with Gasteiger partial charge in [-0.05, 0) is 24.6 Å². The summed E-state index contributed by atoms with van der Waals surface area (Å²) in [7, 11) is 0. The van der Waals surface area contributed by atoms with Crippen molar-refractivity contribution in [3.8, 4) is 5.88 Å². The molecule has 0 N–H and O–H groups in total. The Morgan fingerprint density at radius 3 is 2.74 bits per heavy atom. The van der Waals surface area contributed by atoms with Gasteiger partial charge in [0.2, 0.25) is 5.88 Å². The van der Waals surface area contributed by atoms with Gasteiger partial charge in [0.25, 0.3) is 5.91 Å². The number of nitrogens with zero attached hydrogens (tertiary/aromatic N) is 3. The van der Waals surface area contributed by atoms with Crippen LogP contribution in [0.25, 0.3) is 0 Å². The van der Waals surface area contributed by atoms with Crippen LogP contribution in [0.2, 0.25) is 0 Å². The number of likely N-dealkylation sites (tertiary alicyclic amines) is 1. The molecule has 1 aliphatic rings. The summed E-state index contributed by atoms with van der Waals surface area (Å²) in [5.74, 6) is 0.0626. The van der Waals surface area contributed by atoms with E-state index in [1.807, 2.05) is 0 Å². The van der Waals surface area contributed by atoms with Gasteiger partial charge in [0.1, 0.15) is 18.2 Å². The lowest BCUT2D eigenvalue weighted by Crippen LogP contribution is -2.41. The number of aromatic nitrogens is 2. The highest BCUT2D eigenvalue weighted by Gasteiger charge is 2.25. The number of aryl methyl sites for hydroxylation is 1. The van der Waals surface area contributed by atoms with Crippen molar-refractivity contribution in [1.82, 2.24) is 14.9 Å². The second-order valence-electron chi connectivity index (χ2n) is 5.62. The van der Waals surface area contributed by atoms with E-state index < -0.39 is 0 Å². The highest BCUT2D eigenvalue weighted by atomic mass is 19.1. The smallest absolute Gasteiger partial charge is 0.253 e. The molecule has 0 saturated carbocycles. The van der Waals surface area contributed by atoms with Crippen molar-refractivity contribution in [2.75, 3.05) is 13.1 Å². The Bertz CT molecular complexity index is 685. The first kappa shape index (κ1) is 15.4. The van der Waals surface area contributed by atoms with Crippen LogP contribution >= 0.6 is 0 Å². The second-order valence-corrected chi connectivity index (χ2v) is 5.62. The predicted octanol–water partition coefficient (Wildman–Crippen LogP) is 2.61. The van der Waals surface area contributed by atoms with Gasteiger partial charge < -0.3 is 9.64 Å². The molecule has 0 radical (unpaired) electrons. The van der Waals surface area contributed by atoms with Gasteiger partial charge in [-0.2, -0.15) is 0 Å². The molecule has 2 heterocycles.